The van der Waals surface area contributed by atoms with Gasteiger partial charge in [0.2, 0.25) is 10.0 Å². The van der Waals surface area contributed by atoms with Crippen LogP contribution in [0.1, 0.15) is 26.5 Å². The highest BCUT2D eigenvalue weighted by atomic mass is 127. The number of hydrogen-bond donors (Lipinski definition) is 2. The third-order valence-electron chi connectivity index (χ3n) is 3.31. The molecule has 7 nitrogen and oxygen atoms in total. The molecule has 1 aromatic rings. The van der Waals surface area contributed by atoms with Crippen molar-refractivity contribution in [1.29, 1.82) is 0 Å². The van der Waals surface area contributed by atoms with E-state index in [4.69, 9.17) is 4.42 Å². The van der Waals surface area contributed by atoms with E-state index in [0.717, 1.165) is 18.7 Å². The minimum Gasteiger partial charge on any atom is -0.469 e. The molecule has 0 radical (unpaired) electrons. The van der Waals surface area contributed by atoms with E-state index in [9.17, 15) is 8.42 Å². The Morgan fingerprint density at radius 3 is 2.50 bits per heavy atom. The minimum atomic E-state index is -3.23. The van der Waals surface area contributed by atoms with Crippen molar-refractivity contribution in [3.8, 4) is 0 Å². The zero-order valence-corrected chi connectivity index (χ0v) is 17.8. The molecule has 0 unspecified atom stereocenters. The number of nitrogens with zero attached hydrogens (tertiary/aromatic N) is 2. The molecule has 1 rings (SSSR count). The van der Waals surface area contributed by atoms with Crippen LogP contribution in [0.4, 0.5) is 0 Å². The quantitative estimate of drug-likeness (QED) is 0.308. The van der Waals surface area contributed by atoms with Crippen LogP contribution in [0.2, 0.25) is 0 Å². The van der Waals surface area contributed by atoms with Crippen LogP contribution >= 0.6 is 24.0 Å². The van der Waals surface area contributed by atoms with Gasteiger partial charge in [0.25, 0.3) is 0 Å². The van der Waals surface area contributed by atoms with E-state index in [2.05, 4.69) is 15.6 Å². The van der Waals surface area contributed by atoms with Crippen molar-refractivity contribution in [1.82, 2.24) is 14.9 Å². The Morgan fingerprint density at radius 1 is 1.25 bits per heavy atom. The molecule has 0 spiro atoms. The Morgan fingerprint density at radius 2 is 1.96 bits per heavy atom. The lowest BCUT2D eigenvalue weighted by Gasteiger charge is -2.17. The molecule has 1 heterocycles. The van der Waals surface area contributed by atoms with Gasteiger partial charge in [-0.1, -0.05) is 13.8 Å². The fraction of sp³-hybridized carbons (Fsp3) is 0.667. The minimum absolute atomic E-state index is 0. The number of guanidine groups is 1. The molecule has 9 heteroatoms. The van der Waals surface area contributed by atoms with Gasteiger partial charge >= 0.3 is 0 Å². The third-order valence-corrected chi connectivity index (χ3v) is 5.31. The number of hydrogen-bond acceptors (Lipinski definition) is 4. The first-order valence-corrected chi connectivity index (χ1v) is 9.66. The van der Waals surface area contributed by atoms with Crippen molar-refractivity contribution >= 4 is 40.0 Å². The summed E-state index contributed by atoms with van der Waals surface area (Å²) in [5.41, 5.74) is 0. The van der Waals surface area contributed by atoms with E-state index in [1.165, 1.54) is 4.31 Å². The van der Waals surface area contributed by atoms with Gasteiger partial charge in [-0.15, -0.1) is 24.0 Å². The van der Waals surface area contributed by atoms with Crippen LogP contribution in [0.5, 0.6) is 0 Å². The number of rotatable bonds is 10. The molecule has 2 N–H and O–H groups in total. The smallest absolute Gasteiger partial charge is 0.215 e. The zero-order valence-electron chi connectivity index (χ0n) is 14.6. The molecule has 0 aliphatic rings. The van der Waals surface area contributed by atoms with Gasteiger partial charge in [-0.2, -0.15) is 0 Å². The van der Waals surface area contributed by atoms with Gasteiger partial charge in [-0.3, -0.25) is 4.99 Å². The third kappa shape index (κ3) is 8.34. The largest absolute Gasteiger partial charge is 0.469 e. The number of aliphatic imine (C=N–C) groups is 1. The Balaban J connectivity index is 0.00000529. The molecule has 140 valence electrons. The van der Waals surface area contributed by atoms with E-state index < -0.39 is 10.0 Å². The second-order valence-corrected chi connectivity index (χ2v) is 7.01. The van der Waals surface area contributed by atoms with Crippen molar-refractivity contribution in [2.75, 3.05) is 38.5 Å². The summed E-state index contributed by atoms with van der Waals surface area (Å²) in [4.78, 5) is 4.33. The molecule has 0 aromatic carbocycles. The summed E-state index contributed by atoms with van der Waals surface area (Å²) in [5, 5.41) is 6.28. The van der Waals surface area contributed by atoms with Gasteiger partial charge in [-0.05, 0) is 19.1 Å². The number of nitrogens with one attached hydrogen (secondary N) is 2. The highest BCUT2D eigenvalue weighted by Gasteiger charge is 2.17. The number of sulfonamides is 1. The van der Waals surface area contributed by atoms with Crippen LogP contribution in [0.3, 0.4) is 0 Å². The lowest BCUT2D eigenvalue weighted by atomic mass is 10.3. The topological polar surface area (TPSA) is 86.9 Å². The van der Waals surface area contributed by atoms with Crippen molar-refractivity contribution in [2.24, 2.45) is 4.99 Å². The fourth-order valence-electron chi connectivity index (χ4n) is 2.12. The maximum absolute atomic E-state index is 12.1. The number of halogens is 1. The Hall–Kier alpha value is -0.810. The van der Waals surface area contributed by atoms with Crippen molar-refractivity contribution in [3.63, 3.8) is 0 Å². The van der Waals surface area contributed by atoms with E-state index in [1.807, 2.05) is 32.9 Å². The molecule has 1 aromatic heterocycles. The van der Waals surface area contributed by atoms with Gasteiger partial charge in [0.15, 0.2) is 5.96 Å². The summed E-state index contributed by atoms with van der Waals surface area (Å²) < 4.78 is 30.9. The molecule has 0 bridgehead atoms. The van der Waals surface area contributed by atoms with Crippen LogP contribution in [-0.4, -0.2) is 57.2 Å². The highest BCUT2D eigenvalue weighted by Crippen LogP contribution is 2.01. The lowest BCUT2D eigenvalue weighted by Crippen LogP contribution is -2.39. The summed E-state index contributed by atoms with van der Waals surface area (Å²) in [5.74, 6) is 1.54. The zero-order chi connectivity index (χ0) is 17.1. The predicted octanol–water partition coefficient (Wildman–Crippen LogP) is 1.67. The van der Waals surface area contributed by atoms with Crippen molar-refractivity contribution < 1.29 is 12.8 Å². The fourth-order valence-corrected chi connectivity index (χ4v) is 3.49. The maximum atomic E-state index is 12.1. The Kier molecular flexibility index (Phi) is 12.1. The maximum Gasteiger partial charge on any atom is 0.215 e. The standard InChI is InChI=1S/C15H28N4O3S.HI/c1-4-16-15(17-10-9-14-8-7-12-22-14)18-11-13-23(20,21)19(5-2)6-3;/h7-8,12H,4-6,9-11,13H2,1-3H3,(H2,16,17,18);1H. The summed E-state index contributed by atoms with van der Waals surface area (Å²) >= 11 is 0. The molecule has 0 atom stereocenters. The van der Waals surface area contributed by atoms with E-state index in [1.54, 1.807) is 6.26 Å². The van der Waals surface area contributed by atoms with Crippen LogP contribution in [-0.2, 0) is 16.4 Å². The van der Waals surface area contributed by atoms with E-state index in [-0.39, 0.29) is 36.3 Å². The van der Waals surface area contributed by atoms with Crippen LogP contribution < -0.4 is 10.6 Å². The van der Waals surface area contributed by atoms with Crippen LogP contribution in [0.25, 0.3) is 0 Å². The average Bonchev–Trinajstić information content (AvgIpc) is 3.01. The van der Waals surface area contributed by atoms with Gasteiger partial charge in [-0.25, -0.2) is 12.7 Å². The predicted molar refractivity (Wildman–Crippen MR) is 109 cm³/mol. The second kappa shape index (κ2) is 12.5. The molecular weight excluding hydrogens is 443 g/mol. The van der Waals surface area contributed by atoms with Crippen molar-refractivity contribution in [2.45, 2.75) is 27.2 Å². The summed E-state index contributed by atoms with van der Waals surface area (Å²) in [7, 11) is -3.23. The first-order valence-electron chi connectivity index (χ1n) is 8.05. The van der Waals surface area contributed by atoms with E-state index in [0.29, 0.717) is 25.6 Å². The molecule has 0 saturated heterocycles. The molecule has 0 fully saturated rings. The first-order chi connectivity index (χ1) is 11.0. The van der Waals surface area contributed by atoms with Gasteiger partial charge < -0.3 is 15.1 Å². The summed E-state index contributed by atoms with van der Waals surface area (Å²) in [6.45, 7) is 8.24. The second-order valence-electron chi connectivity index (χ2n) is 4.92. The van der Waals surface area contributed by atoms with Crippen LogP contribution in [0, 0.1) is 0 Å². The lowest BCUT2D eigenvalue weighted by molar-refractivity contribution is 0.445. The normalized spacial score (nSPS) is 12.1. The van der Waals surface area contributed by atoms with Gasteiger partial charge in [0.1, 0.15) is 5.76 Å². The first kappa shape index (κ1) is 23.2. The Bertz CT molecular complexity index is 557. The summed E-state index contributed by atoms with van der Waals surface area (Å²) in [6.07, 6.45) is 2.39. The molecule has 0 aliphatic carbocycles. The molecule has 0 aliphatic heterocycles. The van der Waals surface area contributed by atoms with Crippen LogP contribution in [0.15, 0.2) is 27.8 Å². The SMILES string of the molecule is CCNC(=NCCS(=O)(=O)N(CC)CC)NCCc1ccco1.I. The average molecular weight is 472 g/mol. The molecule has 0 saturated carbocycles. The highest BCUT2D eigenvalue weighted by molar-refractivity contribution is 14.0. The molecule has 0 amide bonds. The Labute approximate surface area is 162 Å². The van der Waals surface area contributed by atoms with Gasteiger partial charge in [0.05, 0.1) is 18.6 Å². The number of furan rings is 1. The van der Waals surface area contributed by atoms with E-state index >= 15 is 0 Å². The van der Waals surface area contributed by atoms with Gasteiger partial charge in [0, 0.05) is 32.6 Å². The molecular formula is C15H29IN4O3S. The monoisotopic (exact) mass is 472 g/mol. The molecule has 24 heavy (non-hydrogen) atoms. The van der Waals surface area contributed by atoms with Crippen molar-refractivity contribution in [3.05, 3.63) is 24.2 Å². The summed E-state index contributed by atoms with van der Waals surface area (Å²) in [6, 6.07) is 3.77.